The van der Waals surface area contributed by atoms with Crippen LogP contribution in [-0.2, 0) is 6.54 Å². The topological polar surface area (TPSA) is 73.2 Å². The number of amides is 1. The van der Waals surface area contributed by atoms with Gasteiger partial charge in [0.05, 0.1) is 12.6 Å². The van der Waals surface area contributed by atoms with Gasteiger partial charge in [-0.3, -0.25) is 14.2 Å². The second kappa shape index (κ2) is 5.73. The van der Waals surface area contributed by atoms with Crippen LogP contribution in [0.4, 0.5) is 0 Å². The average molecular weight is 329 g/mol. The standard InChI is InChI=1S/C16H15N3O3S/c20-14(11-9-17-16-19(15(11)21)6-8-23-16)18-12-5-7-22-13-4-2-1-3-10(12)13/h1-4,9,12H,5-8H2,(H,18,20)/t12-/m1/s1. The lowest BCUT2D eigenvalue weighted by Crippen LogP contribution is -2.37. The summed E-state index contributed by atoms with van der Waals surface area (Å²) in [5.41, 5.74) is 0.773. The van der Waals surface area contributed by atoms with Gasteiger partial charge < -0.3 is 10.1 Å². The number of carbonyl (C=O) groups excluding carboxylic acids is 1. The highest BCUT2D eigenvalue weighted by molar-refractivity contribution is 7.99. The zero-order valence-corrected chi connectivity index (χ0v) is 13.1. The molecule has 0 unspecified atom stereocenters. The predicted octanol–water partition coefficient (Wildman–Crippen LogP) is 1.60. The molecular formula is C16H15N3O3S. The molecule has 0 saturated heterocycles. The first kappa shape index (κ1) is 14.3. The first-order valence-corrected chi connectivity index (χ1v) is 8.48. The lowest BCUT2D eigenvalue weighted by molar-refractivity contribution is 0.0922. The van der Waals surface area contributed by atoms with Crippen LogP contribution in [0.2, 0.25) is 0 Å². The lowest BCUT2D eigenvalue weighted by Gasteiger charge is -2.26. The van der Waals surface area contributed by atoms with Crippen LogP contribution >= 0.6 is 11.8 Å². The Kier molecular flexibility index (Phi) is 3.57. The van der Waals surface area contributed by atoms with Crippen LogP contribution in [0, 0.1) is 0 Å². The van der Waals surface area contributed by atoms with Gasteiger partial charge in [-0.2, -0.15) is 0 Å². The van der Waals surface area contributed by atoms with E-state index in [-0.39, 0.29) is 23.1 Å². The number of fused-ring (bicyclic) bond motifs is 2. The van der Waals surface area contributed by atoms with Crippen molar-refractivity contribution in [2.45, 2.75) is 24.2 Å². The van der Waals surface area contributed by atoms with E-state index in [1.807, 2.05) is 24.3 Å². The lowest BCUT2D eigenvalue weighted by atomic mass is 10.0. The van der Waals surface area contributed by atoms with Crippen molar-refractivity contribution in [1.29, 1.82) is 0 Å². The molecule has 0 bridgehead atoms. The van der Waals surface area contributed by atoms with E-state index in [4.69, 9.17) is 4.74 Å². The molecule has 2 aromatic rings. The molecule has 2 aliphatic rings. The van der Waals surface area contributed by atoms with E-state index in [9.17, 15) is 9.59 Å². The summed E-state index contributed by atoms with van der Waals surface area (Å²) < 4.78 is 7.16. The molecule has 0 radical (unpaired) electrons. The number of hydrogen-bond donors (Lipinski definition) is 1. The highest BCUT2D eigenvalue weighted by Crippen LogP contribution is 2.31. The van der Waals surface area contributed by atoms with Gasteiger partial charge in [-0.1, -0.05) is 30.0 Å². The second-order valence-corrected chi connectivity index (χ2v) is 6.52. The minimum atomic E-state index is -0.378. The summed E-state index contributed by atoms with van der Waals surface area (Å²) in [7, 11) is 0. The maximum Gasteiger partial charge on any atom is 0.267 e. The van der Waals surface area contributed by atoms with Gasteiger partial charge in [-0.05, 0) is 6.07 Å². The molecule has 0 spiro atoms. The molecule has 0 fully saturated rings. The van der Waals surface area contributed by atoms with Crippen LogP contribution in [-0.4, -0.2) is 27.8 Å². The molecule has 2 aliphatic heterocycles. The number of aromatic nitrogens is 2. The monoisotopic (exact) mass is 329 g/mol. The van der Waals surface area contributed by atoms with Crippen molar-refractivity contribution in [2.24, 2.45) is 0 Å². The third-order valence-corrected chi connectivity index (χ3v) is 5.04. The Morgan fingerprint density at radius 2 is 2.26 bits per heavy atom. The first-order chi connectivity index (χ1) is 11.2. The number of ether oxygens (including phenoxy) is 1. The summed E-state index contributed by atoms with van der Waals surface area (Å²) in [6.07, 6.45) is 2.06. The molecule has 6 nitrogen and oxygen atoms in total. The van der Waals surface area contributed by atoms with E-state index >= 15 is 0 Å². The first-order valence-electron chi connectivity index (χ1n) is 7.49. The summed E-state index contributed by atoms with van der Waals surface area (Å²) in [5.74, 6) is 1.22. The van der Waals surface area contributed by atoms with E-state index in [1.165, 1.54) is 18.0 Å². The largest absolute Gasteiger partial charge is 0.493 e. The van der Waals surface area contributed by atoms with Gasteiger partial charge >= 0.3 is 0 Å². The summed E-state index contributed by atoms with van der Waals surface area (Å²) >= 11 is 1.53. The normalized spacial score (nSPS) is 18.7. The Morgan fingerprint density at radius 1 is 1.39 bits per heavy atom. The SMILES string of the molecule is O=C(N[C@@H]1CCOc2ccccc21)c1cnc2n(c1=O)CCS2. The van der Waals surface area contributed by atoms with Gasteiger partial charge in [-0.15, -0.1) is 0 Å². The number of para-hydroxylation sites is 1. The van der Waals surface area contributed by atoms with E-state index in [2.05, 4.69) is 10.3 Å². The maximum absolute atomic E-state index is 12.5. The van der Waals surface area contributed by atoms with E-state index < -0.39 is 0 Å². The van der Waals surface area contributed by atoms with Crippen molar-refractivity contribution in [3.05, 3.63) is 51.9 Å². The number of thioether (sulfide) groups is 1. The van der Waals surface area contributed by atoms with Crippen molar-refractivity contribution in [3.8, 4) is 5.75 Å². The summed E-state index contributed by atoms with van der Waals surface area (Å²) in [4.78, 5) is 29.2. The molecule has 0 saturated carbocycles. The number of carbonyl (C=O) groups is 1. The fraction of sp³-hybridized carbons (Fsp3) is 0.312. The molecule has 7 heteroatoms. The fourth-order valence-corrected chi connectivity index (χ4v) is 3.82. The molecule has 23 heavy (non-hydrogen) atoms. The van der Waals surface area contributed by atoms with Crippen molar-refractivity contribution in [3.63, 3.8) is 0 Å². The third-order valence-electron chi connectivity index (χ3n) is 4.07. The molecule has 3 heterocycles. The van der Waals surface area contributed by atoms with Gasteiger partial charge in [0.2, 0.25) is 0 Å². The Hall–Kier alpha value is -2.28. The van der Waals surface area contributed by atoms with Gasteiger partial charge in [0.25, 0.3) is 11.5 Å². The number of benzene rings is 1. The molecule has 4 rings (SSSR count). The third kappa shape index (κ3) is 2.50. The molecule has 1 aromatic carbocycles. The Labute approximate surface area is 136 Å². The van der Waals surface area contributed by atoms with Crippen LogP contribution in [0.25, 0.3) is 0 Å². The molecule has 1 amide bonds. The highest BCUT2D eigenvalue weighted by Gasteiger charge is 2.25. The van der Waals surface area contributed by atoms with Crippen LogP contribution in [0.15, 0.2) is 40.4 Å². The molecular weight excluding hydrogens is 314 g/mol. The zero-order chi connectivity index (χ0) is 15.8. The number of rotatable bonds is 2. The van der Waals surface area contributed by atoms with Crippen LogP contribution in [0.3, 0.4) is 0 Å². The van der Waals surface area contributed by atoms with E-state index in [0.717, 1.165) is 17.1 Å². The second-order valence-electron chi connectivity index (χ2n) is 5.46. The quantitative estimate of drug-likeness (QED) is 0.847. The van der Waals surface area contributed by atoms with E-state index in [1.54, 1.807) is 4.57 Å². The molecule has 1 N–H and O–H groups in total. The maximum atomic E-state index is 12.5. The zero-order valence-electron chi connectivity index (χ0n) is 12.3. The number of nitrogens with one attached hydrogen (secondary N) is 1. The van der Waals surface area contributed by atoms with Crippen LogP contribution in [0.1, 0.15) is 28.4 Å². The van der Waals surface area contributed by atoms with Crippen molar-refractivity contribution in [2.75, 3.05) is 12.4 Å². The van der Waals surface area contributed by atoms with Gasteiger partial charge in [0.1, 0.15) is 11.3 Å². The molecule has 0 aliphatic carbocycles. The van der Waals surface area contributed by atoms with Gasteiger partial charge in [-0.25, -0.2) is 4.98 Å². The van der Waals surface area contributed by atoms with Crippen molar-refractivity contribution < 1.29 is 9.53 Å². The summed E-state index contributed by atoms with van der Waals surface area (Å²) in [5, 5.41) is 3.63. The van der Waals surface area contributed by atoms with Crippen molar-refractivity contribution in [1.82, 2.24) is 14.9 Å². The van der Waals surface area contributed by atoms with E-state index in [0.29, 0.717) is 24.7 Å². The van der Waals surface area contributed by atoms with Gasteiger partial charge in [0, 0.05) is 30.5 Å². The van der Waals surface area contributed by atoms with Crippen LogP contribution < -0.4 is 15.6 Å². The minimum absolute atomic E-state index is 0.0974. The summed E-state index contributed by atoms with van der Waals surface area (Å²) in [6.45, 7) is 1.15. The van der Waals surface area contributed by atoms with Crippen LogP contribution in [0.5, 0.6) is 5.75 Å². The van der Waals surface area contributed by atoms with Crippen molar-refractivity contribution >= 4 is 17.7 Å². The predicted molar refractivity (Wildman–Crippen MR) is 86.0 cm³/mol. The highest BCUT2D eigenvalue weighted by atomic mass is 32.2. The fourth-order valence-electron chi connectivity index (χ4n) is 2.90. The molecule has 1 atom stereocenters. The minimum Gasteiger partial charge on any atom is -0.493 e. The Bertz CT molecular complexity index is 834. The number of hydrogen-bond acceptors (Lipinski definition) is 5. The number of nitrogens with zero attached hydrogens (tertiary/aromatic N) is 2. The summed E-state index contributed by atoms with van der Waals surface area (Å²) in [6, 6.07) is 7.48. The molecule has 1 aromatic heterocycles. The average Bonchev–Trinajstić information content (AvgIpc) is 3.05. The molecule has 118 valence electrons. The Balaban J connectivity index is 1.61. The smallest absolute Gasteiger partial charge is 0.267 e. The Morgan fingerprint density at radius 3 is 3.17 bits per heavy atom. The van der Waals surface area contributed by atoms with Gasteiger partial charge in [0.15, 0.2) is 5.16 Å².